The lowest BCUT2D eigenvalue weighted by molar-refractivity contribution is -0.186. The largest absolute Gasteiger partial charge is 0.342 e. The van der Waals surface area contributed by atoms with E-state index in [0.29, 0.717) is 6.54 Å². The molecule has 2 atom stereocenters. The summed E-state index contributed by atoms with van der Waals surface area (Å²) in [5, 5.41) is 0.760. The number of aromatic nitrogens is 2. The van der Waals surface area contributed by atoms with E-state index in [-0.39, 0.29) is 12.2 Å². The summed E-state index contributed by atoms with van der Waals surface area (Å²) in [5.41, 5.74) is 1.19. The van der Waals surface area contributed by atoms with Gasteiger partial charge in [0.05, 0.1) is 25.1 Å². The van der Waals surface area contributed by atoms with Crippen LogP contribution in [0.1, 0.15) is 25.8 Å². The molecule has 118 valence electrons. The van der Waals surface area contributed by atoms with Crippen molar-refractivity contribution in [3.8, 4) is 0 Å². The molecule has 1 aromatic carbocycles. The highest BCUT2D eigenvalue weighted by molar-refractivity contribution is 6.30. The van der Waals surface area contributed by atoms with Gasteiger partial charge in [-0.15, -0.1) is 0 Å². The van der Waals surface area contributed by atoms with E-state index in [0.717, 1.165) is 17.9 Å². The Morgan fingerprint density at radius 2 is 2.05 bits per heavy atom. The first-order valence-electron chi connectivity index (χ1n) is 7.62. The van der Waals surface area contributed by atoms with Crippen LogP contribution in [0, 0.1) is 0 Å². The molecular formula is C17H21ClN2O2. The monoisotopic (exact) mass is 320 g/mol. The molecule has 22 heavy (non-hydrogen) atoms. The smallest absolute Gasteiger partial charge is 0.187 e. The fraction of sp³-hybridized carbons (Fsp3) is 0.471. The van der Waals surface area contributed by atoms with Gasteiger partial charge in [0.25, 0.3) is 0 Å². The van der Waals surface area contributed by atoms with Crippen molar-refractivity contribution in [3.63, 3.8) is 0 Å². The van der Waals surface area contributed by atoms with Gasteiger partial charge in [0, 0.05) is 23.8 Å². The van der Waals surface area contributed by atoms with Gasteiger partial charge in [-0.3, -0.25) is 0 Å². The zero-order valence-electron chi connectivity index (χ0n) is 12.9. The standard InChI is InChI=1S/C17H21ClN2O2/c1-13-14(2)22-17(21-13,11-20-9-8-19-12-20)7-6-15-4-3-5-16(18)10-15/h3-5,8-10,12-14H,6-7,11H2,1-2H3. The molecule has 5 heteroatoms. The molecule has 0 radical (unpaired) electrons. The molecule has 2 unspecified atom stereocenters. The zero-order chi connectivity index (χ0) is 15.6. The summed E-state index contributed by atoms with van der Waals surface area (Å²) in [6.45, 7) is 4.75. The summed E-state index contributed by atoms with van der Waals surface area (Å²) in [7, 11) is 0. The van der Waals surface area contributed by atoms with Crippen LogP contribution in [0.2, 0.25) is 5.02 Å². The number of rotatable bonds is 5. The van der Waals surface area contributed by atoms with Crippen LogP contribution in [0.3, 0.4) is 0 Å². The Balaban J connectivity index is 1.74. The van der Waals surface area contributed by atoms with Crippen molar-refractivity contribution in [2.75, 3.05) is 0 Å². The zero-order valence-corrected chi connectivity index (χ0v) is 13.7. The Labute approximate surface area is 136 Å². The quantitative estimate of drug-likeness (QED) is 0.843. The van der Waals surface area contributed by atoms with E-state index in [1.54, 1.807) is 12.5 Å². The fourth-order valence-corrected chi connectivity index (χ4v) is 3.07. The SMILES string of the molecule is CC1OC(CCc2cccc(Cl)c2)(Cn2ccnc2)OC1C. The van der Waals surface area contributed by atoms with Crippen LogP contribution in [-0.2, 0) is 22.4 Å². The molecule has 0 spiro atoms. The molecule has 1 aromatic heterocycles. The maximum atomic E-state index is 6.18. The van der Waals surface area contributed by atoms with E-state index in [4.69, 9.17) is 21.1 Å². The molecule has 2 aromatic rings. The molecule has 4 nitrogen and oxygen atoms in total. The van der Waals surface area contributed by atoms with E-state index < -0.39 is 5.79 Å². The van der Waals surface area contributed by atoms with Gasteiger partial charge in [-0.2, -0.15) is 0 Å². The number of nitrogens with zero attached hydrogens (tertiary/aromatic N) is 2. The Bertz CT molecular complexity index is 605. The fourth-order valence-electron chi connectivity index (χ4n) is 2.85. The van der Waals surface area contributed by atoms with Gasteiger partial charge in [-0.1, -0.05) is 23.7 Å². The van der Waals surface area contributed by atoms with Crippen LogP contribution in [0.5, 0.6) is 0 Å². The van der Waals surface area contributed by atoms with Crippen molar-refractivity contribution in [2.45, 2.75) is 51.2 Å². The van der Waals surface area contributed by atoms with Gasteiger partial charge < -0.3 is 14.0 Å². The first-order valence-corrected chi connectivity index (χ1v) is 8.00. The summed E-state index contributed by atoms with van der Waals surface area (Å²) >= 11 is 6.06. The second kappa shape index (κ2) is 6.41. The molecule has 0 N–H and O–H groups in total. The number of hydrogen-bond acceptors (Lipinski definition) is 3. The van der Waals surface area contributed by atoms with Crippen LogP contribution in [0.4, 0.5) is 0 Å². The predicted molar refractivity (Wildman–Crippen MR) is 85.8 cm³/mol. The van der Waals surface area contributed by atoms with Gasteiger partial charge in [0.1, 0.15) is 0 Å². The summed E-state index contributed by atoms with van der Waals surface area (Å²) in [6.07, 6.45) is 7.30. The molecule has 0 amide bonds. The first kappa shape index (κ1) is 15.5. The lowest BCUT2D eigenvalue weighted by atomic mass is 10.0. The van der Waals surface area contributed by atoms with Crippen LogP contribution in [0.15, 0.2) is 43.0 Å². The van der Waals surface area contributed by atoms with E-state index >= 15 is 0 Å². The lowest BCUT2D eigenvalue weighted by Gasteiger charge is -2.28. The molecule has 1 aliphatic heterocycles. The average Bonchev–Trinajstić information content (AvgIpc) is 3.07. The predicted octanol–water partition coefficient (Wildman–Crippen LogP) is 3.69. The minimum atomic E-state index is -0.609. The van der Waals surface area contributed by atoms with E-state index in [1.807, 2.05) is 29.0 Å². The lowest BCUT2D eigenvalue weighted by Crippen LogP contribution is -2.36. The number of hydrogen-bond donors (Lipinski definition) is 0. The second-order valence-corrected chi connectivity index (χ2v) is 6.36. The molecule has 0 bridgehead atoms. The maximum Gasteiger partial charge on any atom is 0.187 e. The van der Waals surface area contributed by atoms with Gasteiger partial charge in [0.15, 0.2) is 5.79 Å². The summed E-state index contributed by atoms with van der Waals surface area (Å²) in [4.78, 5) is 4.10. The molecular weight excluding hydrogens is 300 g/mol. The van der Waals surface area contributed by atoms with Crippen molar-refractivity contribution in [2.24, 2.45) is 0 Å². The van der Waals surface area contributed by atoms with Crippen LogP contribution < -0.4 is 0 Å². The number of benzene rings is 1. The minimum Gasteiger partial charge on any atom is -0.342 e. The molecule has 0 saturated carbocycles. The Hall–Kier alpha value is -1.36. The van der Waals surface area contributed by atoms with E-state index in [2.05, 4.69) is 24.9 Å². The highest BCUT2D eigenvalue weighted by Gasteiger charge is 2.43. The Morgan fingerprint density at radius 1 is 1.27 bits per heavy atom. The number of imidazole rings is 1. The topological polar surface area (TPSA) is 36.3 Å². The third kappa shape index (κ3) is 3.51. The third-order valence-electron chi connectivity index (χ3n) is 4.13. The maximum absolute atomic E-state index is 6.18. The number of aryl methyl sites for hydroxylation is 1. The number of halogens is 1. The average molecular weight is 321 g/mol. The molecule has 1 aliphatic rings. The summed E-state index contributed by atoms with van der Waals surface area (Å²) < 4.78 is 14.4. The van der Waals surface area contributed by atoms with Gasteiger partial charge >= 0.3 is 0 Å². The van der Waals surface area contributed by atoms with Crippen LogP contribution in [-0.4, -0.2) is 27.5 Å². The summed E-state index contributed by atoms with van der Waals surface area (Å²) in [5.74, 6) is -0.609. The van der Waals surface area contributed by atoms with Crippen molar-refractivity contribution in [1.82, 2.24) is 9.55 Å². The van der Waals surface area contributed by atoms with Crippen LogP contribution >= 0.6 is 11.6 Å². The Kier molecular flexibility index (Phi) is 4.52. The molecule has 1 fully saturated rings. The second-order valence-electron chi connectivity index (χ2n) is 5.92. The Morgan fingerprint density at radius 3 is 2.68 bits per heavy atom. The summed E-state index contributed by atoms with van der Waals surface area (Å²) in [6, 6.07) is 7.94. The third-order valence-corrected chi connectivity index (χ3v) is 4.36. The normalized spacial score (nSPS) is 28.1. The van der Waals surface area contributed by atoms with E-state index in [9.17, 15) is 0 Å². The van der Waals surface area contributed by atoms with Gasteiger partial charge in [-0.05, 0) is 38.0 Å². The van der Waals surface area contributed by atoms with Gasteiger partial charge in [0.2, 0.25) is 0 Å². The van der Waals surface area contributed by atoms with E-state index in [1.165, 1.54) is 5.56 Å². The minimum absolute atomic E-state index is 0.0860. The van der Waals surface area contributed by atoms with Gasteiger partial charge in [-0.25, -0.2) is 4.98 Å². The van der Waals surface area contributed by atoms with Crippen molar-refractivity contribution < 1.29 is 9.47 Å². The van der Waals surface area contributed by atoms with Crippen molar-refractivity contribution in [1.29, 1.82) is 0 Å². The van der Waals surface area contributed by atoms with Crippen LogP contribution in [0.25, 0.3) is 0 Å². The first-order chi connectivity index (χ1) is 10.6. The number of ether oxygens (including phenoxy) is 2. The molecule has 0 aliphatic carbocycles. The molecule has 3 rings (SSSR count). The highest BCUT2D eigenvalue weighted by Crippen LogP contribution is 2.34. The van der Waals surface area contributed by atoms with Crippen molar-refractivity contribution >= 4 is 11.6 Å². The molecule has 2 heterocycles. The highest BCUT2D eigenvalue weighted by atomic mass is 35.5. The molecule has 1 saturated heterocycles. The van der Waals surface area contributed by atoms with Crippen molar-refractivity contribution in [3.05, 3.63) is 53.6 Å².